The molecule has 0 aliphatic heterocycles. The van der Waals surface area contributed by atoms with E-state index in [-0.39, 0.29) is 31.3 Å². The van der Waals surface area contributed by atoms with Gasteiger partial charge >= 0.3 is 6.18 Å². The summed E-state index contributed by atoms with van der Waals surface area (Å²) in [6.45, 7) is 0. The first-order valence-electron chi connectivity index (χ1n) is 5.09. The maximum absolute atomic E-state index is 13.0. The van der Waals surface area contributed by atoms with Gasteiger partial charge < -0.3 is 0 Å². The highest BCUT2D eigenvalue weighted by Crippen LogP contribution is 2.45. The molecule has 20 heavy (non-hydrogen) atoms. The molecule has 0 radical (unpaired) electrons. The Morgan fingerprint density at radius 3 is 2.15 bits per heavy atom. The smallest absolute Gasteiger partial charge is 0.244 e. The number of aromatic nitrogens is 1. The Balaban J connectivity index is 2.80. The van der Waals surface area contributed by atoms with Crippen molar-refractivity contribution in [3.8, 4) is 11.1 Å². The van der Waals surface area contributed by atoms with Crippen molar-refractivity contribution in [3.63, 3.8) is 0 Å². The van der Waals surface area contributed by atoms with Crippen LogP contribution in [0.25, 0.3) is 11.1 Å². The predicted molar refractivity (Wildman–Crippen MR) is 74.7 cm³/mol. The average Bonchev–Trinajstić information content (AvgIpc) is 2.36. The number of nitrogens with zero attached hydrogens (tertiary/aromatic N) is 1. The van der Waals surface area contributed by atoms with Gasteiger partial charge in [-0.1, -0.05) is 52.5 Å². The van der Waals surface area contributed by atoms with E-state index in [1.54, 1.807) is 0 Å². The van der Waals surface area contributed by atoms with Crippen LogP contribution in [0.2, 0.25) is 20.2 Å². The van der Waals surface area contributed by atoms with Crippen LogP contribution in [0, 0.1) is 0 Å². The molecular weight excluding hydrogens is 357 g/mol. The Morgan fingerprint density at radius 2 is 1.55 bits per heavy atom. The van der Waals surface area contributed by atoms with Crippen LogP contribution in [0.3, 0.4) is 0 Å². The highest BCUT2D eigenvalue weighted by atomic mass is 35.5. The van der Waals surface area contributed by atoms with Gasteiger partial charge in [0.15, 0.2) is 0 Å². The second-order valence-electron chi connectivity index (χ2n) is 3.74. The van der Waals surface area contributed by atoms with E-state index in [1.807, 2.05) is 0 Å². The van der Waals surface area contributed by atoms with Crippen LogP contribution in [-0.4, -0.2) is 4.98 Å². The molecule has 2 aromatic rings. The van der Waals surface area contributed by atoms with Crippen molar-refractivity contribution in [1.82, 2.24) is 4.98 Å². The molecule has 1 aromatic carbocycles. The molecule has 0 saturated heterocycles. The Morgan fingerprint density at radius 1 is 0.900 bits per heavy atom. The van der Waals surface area contributed by atoms with Crippen LogP contribution in [0.1, 0.15) is 5.56 Å². The van der Waals surface area contributed by atoms with Crippen molar-refractivity contribution < 1.29 is 13.2 Å². The van der Waals surface area contributed by atoms with E-state index in [9.17, 15) is 13.2 Å². The largest absolute Gasteiger partial charge is 0.417 e. The fraction of sp³-hybridized carbons (Fsp3) is 0.0833. The van der Waals surface area contributed by atoms with E-state index in [4.69, 9.17) is 46.4 Å². The summed E-state index contributed by atoms with van der Waals surface area (Å²) in [6.07, 6.45) is -3.63. The number of alkyl halides is 3. The van der Waals surface area contributed by atoms with Crippen LogP contribution in [0.4, 0.5) is 13.2 Å². The van der Waals surface area contributed by atoms with Crippen molar-refractivity contribution in [1.29, 1.82) is 0 Å². The lowest BCUT2D eigenvalue weighted by Gasteiger charge is -2.15. The van der Waals surface area contributed by atoms with E-state index in [0.717, 1.165) is 12.3 Å². The molecule has 0 spiro atoms. The molecule has 1 heterocycles. The number of pyridine rings is 1. The molecule has 106 valence electrons. The molecule has 0 N–H and O–H groups in total. The summed E-state index contributed by atoms with van der Waals surface area (Å²) >= 11 is 23.3. The second kappa shape index (κ2) is 5.60. The van der Waals surface area contributed by atoms with Crippen LogP contribution in [-0.2, 0) is 6.18 Å². The monoisotopic (exact) mass is 359 g/mol. The molecule has 8 heteroatoms. The maximum Gasteiger partial charge on any atom is 0.417 e. The third-order valence-corrected chi connectivity index (χ3v) is 4.09. The van der Waals surface area contributed by atoms with Gasteiger partial charge in [0.1, 0.15) is 5.15 Å². The summed E-state index contributed by atoms with van der Waals surface area (Å²) in [7, 11) is 0. The van der Waals surface area contributed by atoms with Crippen molar-refractivity contribution >= 4 is 46.4 Å². The van der Waals surface area contributed by atoms with Gasteiger partial charge in [-0.05, 0) is 12.1 Å². The van der Waals surface area contributed by atoms with E-state index in [1.165, 1.54) is 12.1 Å². The number of halogens is 7. The van der Waals surface area contributed by atoms with E-state index >= 15 is 0 Å². The van der Waals surface area contributed by atoms with Gasteiger partial charge in [0.2, 0.25) is 0 Å². The van der Waals surface area contributed by atoms with Crippen molar-refractivity contribution in [2.24, 2.45) is 0 Å². The second-order valence-corrected chi connectivity index (χ2v) is 5.27. The van der Waals surface area contributed by atoms with Crippen molar-refractivity contribution in [2.75, 3.05) is 0 Å². The Labute approximate surface area is 132 Å². The minimum atomic E-state index is -4.60. The van der Waals surface area contributed by atoms with Gasteiger partial charge in [0.05, 0.1) is 20.6 Å². The molecule has 0 unspecified atom stereocenters. The number of hydrogen-bond donors (Lipinski definition) is 0. The van der Waals surface area contributed by atoms with Gasteiger partial charge in [0.25, 0.3) is 0 Å². The lowest BCUT2D eigenvalue weighted by Crippen LogP contribution is -2.08. The number of hydrogen-bond acceptors (Lipinski definition) is 1. The van der Waals surface area contributed by atoms with E-state index in [0.29, 0.717) is 0 Å². The molecule has 0 bridgehead atoms. The van der Waals surface area contributed by atoms with E-state index in [2.05, 4.69) is 4.98 Å². The minimum absolute atomic E-state index is 0.0199. The SMILES string of the molecule is FC(F)(F)c1ccnc(Cl)c1-c1ccc(Cl)c(Cl)c1Cl. The standard InChI is InChI=1S/C12H4Cl4F3N/c13-7-2-1-5(9(14)10(7)15)8-6(12(17,18)19)3-4-20-11(8)16/h1-4H. The molecule has 0 aliphatic carbocycles. The van der Waals surface area contributed by atoms with Crippen LogP contribution in [0.5, 0.6) is 0 Å². The Kier molecular flexibility index (Phi) is 4.40. The zero-order valence-electron chi connectivity index (χ0n) is 9.40. The lowest BCUT2D eigenvalue weighted by atomic mass is 10.0. The molecule has 0 fully saturated rings. The van der Waals surface area contributed by atoms with Crippen molar-refractivity contribution in [3.05, 3.63) is 50.2 Å². The van der Waals surface area contributed by atoms with Crippen LogP contribution in [0.15, 0.2) is 24.4 Å². The van der Waals surface area contributed by atoms with Gasteiger partial charge in [0, 0.05) is 17.3 Å². The fourth-order valence-corrected chi connectivity index (χ4v) is 2.54. The molecule has 0 saturated carbocycles. The normalized spacial score (nSPS) is 11.8. The zero-order valence-corrected chi connectivity index (χ0v) is 12.4. The molecule has 2 rings (SSSR count). The summed E-state index contributed by atoms with van der Waals surface area (Å²) < 4.78 is 39.1. The van der Waals surface area contributed by atoms with Crippen molar-refractivity contribution in [2.45, 2.75) is 6.18 Å². The minimum Gasteiger partial charge on any atom is -0.244 e. The first-order chi connectivity index (χ1) is 9.23. The molecular formula is C12H4Cl4F3N. The Hall–Kier alpha value is -0.680. The summed E-state index contributed by atoms with van der Waals surface area (Å²) in [5.41, 5.74) is -1.26. The molecule has 0 aliphatic rings. The number of rotatable bonds is 1. The van der Waals surface area contributed by atoms with E-state index < -0.39 is 11.7 Å². The number of benzene rings is 1. The first-order valence-corrected chi connectivity index (χ1v) is 6.60. The maximum atomic E-state index is 13.0. The lowest BCUT2D eigenvalue weighted by molar-refractivity contribution is -0.137. The highest BCUT2D eigenvalue weighted by Gasteiger charge is 2.35. The average molecular weight is 361 g/mol. The predicted octanol–water partition coefficient (Wildman–Crippen LogP) is 6.38. The highest BCUT2D eigenvalue weighted by molar-refractivity contribution is 6.49. The summed E-state index contributed by atoms with van der Waals surface area (Å²) in [5, 5.41) is -0.340. The van der Waals surface area contributed by atoms with Gasteiger partial charge in [-0.3, -0.25) is 0 Å². The zero-order chi connectivity index (χ0) is 15.1. The van der Waals surface area contributed by atoms with Crippen LogP contribution < -0.4 is 0 Å². The van der Waals surface area contributed by atoms with Gasteiger partial charge in [-0.15, -0.1) is 0 Å². The molecule has 0 amide bonds. The summed E-state index contributed by atoms with van der Waals surface area (Å²) in [5.74, 6) is 0. The molecule has 1 aromatic heterocycles. The third kappa shape index (κ3) is 2.84. The Bertz CT molecular complexity index is 670. The summed E-state index contributed by atoms with van der Waals surface area (Å²) in [4.78, 5) is 3.65. The third-order valence-electron chi connectivity index (χ3n) is 2.51. The first kappa shape index (κ1) is 15.7. The quantitative estimate of drug-likeness (QED) is 0.424. The fourth-order valence-electron chi connectivity index (χ4n) is 1.65. The topological polar surface area (TPSA) is 12.9 Å². The van der Waals surface area contributed by atoms with Gasteiger partial charge in [-0.2, -0.15) is 13.2 Å². The molecule has 1 nitrogen and oxygen atoms in total. The summed E-state index contributed by atoms with van der Waals surface area (Å²) in [6, 6.07) is 3.48. The van der Waals surface area contributed by atoms with Crippen LogP contribution >= 0.6 is 46.4 Å². The molecule has 0 atom stereocenters. The van der Waals surface area contributed by atoms with Gasteiger partial charge in [-0.25, -0.2) is 4.98 Å².